The van der Waals surface area contributed by atoms with E-state index in [9.17, 15) is 0 Å². The number of hydrogen-bond donors (Lipinski definition) is 0. The average molecular weight is 220 g/mol. The number of thiophene rings is 1. The Morgan fingerprint density at radius 3 is 2.93 bits per heavy atom. The number of ether oxygens (including phenoxy) is 1. The monoisotopic (exact) mass is 220 g/mol. The fourth-order valence-electron chi connectivity index (χ4n) is 1.64. The van der Waals surface area contributed by atoms with Gasteiger partial charge in [0.15, 0.2) is 0 Å². The van der Waals surface area contributed by atoms with Crippen molar-refractivity contribution < 1.29 is 4.74 Å². The van der Waals surface area contributed by atoms with Crippen LogP contribution >= 0.6 is 11.3 Å². The summed E-state index contributed by atoms with van der Waals surface area (Å²) in [5, 5.41) is 3.45. The summed E-state index contributed by atoms with van der Waals surface area (Å²) in [7, 11) is 0. The molecule has 0 saturated carbocycles. The van der Waals surface area contributed by atoms with Crippen molar-refractivity contribution in [3.8, 4) is 5.75 Å². The summed E-state index contributed by atoms with van der Waals surface area (Å²) in [6.45, 7) is 5.15. The van der Waals surface area contributed by atoms with Gasteiger partial charge in [0.05, 0.1) is 6.61 Å². The van der Waals surface area contributed by atoms with Gasteiger partial charge < -0.3 is 4.74 Å². The van der Waals surface area contributed by atoms with E-state index in [-0.39, 0.29) is 0 Å². The first-order chi connectivity index (χ1) is 7.33. The Balaban J connectivity index is 2.23. The van der Waals surface area contributed by atoms with E-state index in [0.717, 1.165) is 18.8 Å². The fraction of sp³-hybridized carbons (Fsp3) is 0.385. The summed E-state index contributed by atoms with van der Waals surface area (Å²) in [4.78, 5) is 0. The smallest absolute Gasteiger partial charge is 0.123 e. The molecule has 0 aliphatic carbocycles. The Bertz CT molecular complexity index is 445. The van der Waals surface area contributed by atoms with Gasteiger partial charge in [-0.1, -0.05) is 13.3 Å². The highest BCUT2D eigenvalue weighted by Crippen LogP contribution is 2.31. The third kappa shape index (κ3) is 2.15. The third-order valence-electron chi connectivity index (χ3n) is 2.58. The van der Waals surface area contributed by atoms with Gasteiger partial charge in [0.25, 0.3) is 0 Å². The molecule has 1 heterocycles. The fourth-order valence-corrected chi connectivity index (χ4v) is 2.54. The molecule has 80 valence electrons. The molecular weight excluding hydrogens is 204 g/mol. The van der Waals surface area contributed by atoms with Gasteiger partial charge in [-0.15, -0.1) is 11.3 Å². The molecule has 0 aliphatic rings. The molecule has 1 nitrogen and oxygen atoms in total. The second kappa shape index (κ2) is 4.67. The molecule has 0 fully saturated rings. The maximum absolute atomic E-state index is 5.76. The van der Waals surface area contributed by atoms with E-state index >= 15 is 0 Å². The van der Waals surface area contributed by atoms with E-state index in [1.165, 1.54) is 22.1 Å². The number of rotatable bonds is 4. The van der Waals surface area contributed by atoms with Gasteiger partial charge in [0.1, 0.15) is 5.75 Å². The molecule has 0 unspecified atom stereocenters. The van der Waals surface area contributed by atoms with E-state index in [1.54, 1.807) is 11.3 Å². The minimum absolute atomic E-state index is 0.828. The van der Waals surface area contributed by atoms with Gasteiger partial charge in [-0.25, -0.2) is 0 Å². The minimum atomic E-state index is 0.828. The highest BCUT2D eigenvalue weighted by atomic mass is 32.1. The Kier molecular flexibility index (Phi) is 3.27. The van der Waals surface area contributed by atoms with E-state index in [4.69, 9.17) is 4.74 Å². The van der Waals surface area contributed by atoms with Crippen molar-refractivity contribution in [2.75, 3.05) is 6.61 Å². The molecule has 2 rings (SSSR count). The minimum Gasteiger partial charge on any atom is -0.493 e. The van der Waals surface area contributed by atoms with E-state index in [2.05, 4.69) is 37.4 Å². The van der Waals surface area contributed by atoms with Crippen LogP contribution < -0.4 is 4.74 Å². The molecule has 0 bridgehead atoms. The molecule has 0 aliphatic heterocycles. The van der Waals surface area contributed by atoms with E-state index in [0.29, 0.717) is 0 Å². The molecule has 0 saturated heterocycles. The molecule has 2 heteroatoms. The number of benzene rings is 1. The Hall–Kier alpha value is -1.02. The molecule has 15 heavy (non-hydrogen) atoms. The van der Waals surface area contributed by atoms with Crippen molar-refractivity contribution in [2.45, 2.75) is 26.7 Å². The molecule has 1 aromatic carbocycles. The average Bonchev–Trinajstić information content (AvgIpc) is 2.70. The summed E-state index contributed by atoms with van der Waals surface area (Å²) in [5.41, 5.74) is 1.28. The summed E-state index contributed by atoms with van der Waals surface area (Å²) in [6, 6.07) is 6.38. The van der Waals surface area contributed by atoms with Crippen molar-refractivity contribution in [3.63, 3.8) is 0 Å². The Morgan fingerprint density at radius 2 is 2.13 bits per heavy atom. The van der Waals surface area contributed by atoms with Crippen LogP contribution in [0.2, 0.25) is 0 Å². The first-order valence-electron chi connectivity index (χ1n) is 5.42. The highest BCUT2D eigenvalue weighted by molar-refractivity contribution is 7.17. The summed E-state index contributed by atoms with van der Waals surface area (Å²) < 4.78 is 7.11. The predicted octanol–water partition coefficient (Wildman–Crippen LogP) is 4.39. The standard InChI is InChI=1S/C13H16OS/c1-3-4-8-14-12-6-5-11-7-9-15-13(11)10(12)2/h5-7,9H,3-4,8H2,1-2H3. The lowest BCUT2D eigenvalue weighted by atomic mass is 10.1. The van der Waals surface area contributed by atoms with Gasteiger partial charge in [-0.3, -0.25) is 0 Å². The first-order valence-corrected chi connectivity index (χ1v) is 6.30. The molecule has 1 aromatic heterocycles. The summed E-state index contributed by atoms with van der Waals surface area (Å²) in [5.74, 6) is 1.04. The highest BCUT2D eigenvalue weighted by Gasteiger charge is 2.04. The summed E-state index contributed by atoms with van der Waals surface area (Å²) in [6.07, 6.45) is 2.31. The molecule has 0 spiro atoms. The molecule has 0 N–H and O–H groups in total. The van der Waals surface area contributed by atoms with Crippen molar-refractivity contribution in [3.05, 3.63) is 29.1 Å². The van der Waals surface area contributed by atoms with E-state index < -0.39 is 0 Å². The van der Waals surface area contributed by atoms with Crippen LogP contribution in [-0.4, -0.2) is 6.61 Å². The quantitative estimate of drug-likeness (QED) is 0.694. The first kappa shape index (κ1) is 10.5. The normalized spacial score (nSPS) is 10.8. The maximum atomic E-state index is 5.76. The molecule has 0 atom stereocenters. The topological polar surface area (TPSA) is 9.23 Å². The second-order valence-corrected chi connectivity index (χ2v) is 4.65. The van der Waals surface area contributed by atoms with Crippen LogP contribution in [0.15, 0.2) is 23.6 Å². The zero-order chi connectivity index (χ0) is 10.7. The lowest BCUT2D eigenvalue weighted by Crippen LogP contribution is -1.97. The lowest BCUT2D eigenvalue weighted by molar-refractivity contribution is 0.308. The molecule has 2 aromatic rings. The third-order valence-corrected chi connectivity index (χ3v) is 3.63. The van der Waals surface area contributed by atoms with Crippen LogP contribution in [0, 0.1) is 6.92 Å². The zero-order valence-electron chi connectivity index (χ0n) is 9.25. The SMILES string of the molecule is CCCCOc1ccc2ccsc2c1C. The van der Waals surface area contributed by atoms with Gasteiger partial charge in [0, 0.05) is 10.3 Å². The van der Waals surface area contributed by atoms with Crippen LogP contribution in [-0.2, 0) is 0 Å². The van der Waals surface area contributed by atoms with Crippen molar-refractivity contribution in [1.29, 1.82) is 0 Å². The van der Waals surface area contributed by atoms with Crippen LogP contribution in [0.1, 0.15) is 25.3 Å². The lowest BCUT2D eigenvalue weighted by Gasteiger charge is -2.08. The van der Waals surface area contributed by atoms with Crippen LogP contribution in [0.5, 0.6) is 5.75 Å². The van der Waals surface area contributed by atoms with Gasteiger partial charge in [-0.2, -0.15) is 0 Å². The molecule has 0 amide bonds. The maximum Gasteiger partial charge on any atom is 0.123 e. The Morgan fingerprint density at radius 1 is 1.27 bits per heavy atom. The van der Waals surface area contributed by atoms with Crippen LogP contribution in [0.3, 0.4) is 0 Å². The van der Waals surface area contributed by atoms with Crippen molar-refractivity contribution in [2.24, 2.45) is 0 Å². The molecule has 0 radical (unpaired) electrons. The summed E-state index contributed by atoms with van der Waals surface area (Å²) >= 11 is 1.79. The largest absolute Gasteiger partial charge is 0.493 e. The number of fused-ring (bicyclic) bond motifs is 1. The number of hydrogen-bond acceptors (Lipinski definition) is 2. The van der Waals surface area contributed by atoms with E-state index in [1.807, 2.05) is 0 Å². The predicted molar refractivity (Wildman–Crippen MR) is 67.0 cm³/mol. The molecular formula is C13H16OS. The van der Waals surface area contributed by atoms with Gasteiger partial charge in [-0.05, 0) is 42.3 Å². The van der Waals surface area contributed by atoms with Gasteiger partial charge in [0.2, 0.25) is 0 Å². The second-order valence-electron chi connectivity index (χ2n) is 3.73. The van der Waals surface area contributed by atoms with Gasteiger partial charge >= 0.3 is 0 Å². The van der Waals surface area contributed by atoms with Crippen LogP contribution in [0.4, 0.5) is 0 Å². The Labute approximate surface area is 94.7 Å². The zero-order valence-corrected chi connectivity index (χ0v) is 10.1. The van der Waals surface area contributed by atoms with Crippen LogP contribution in [0.25, 0.3) is 10.1 Å². The van der Waals surface area contributed by atoms with Crippen molar-refractivity contribution >= 4 is 21.4 Å². The number of aryl methyl sites for hydroxylation is 1. The number of unbranched alkanes of at least 4 members (excludes halogenated alkanes) is 1. The van der Waals surface area contributed by atoms with Crippen molar-refractivity contribution in [1.82, 2.24) is 0 Å².